The van der Waals surface area contributed by atoms with E-state index >= 15 is 0 Å². The second kappa shape index (κ2) is 3.61. The predicted octanol–water partition coefficient (Wildman–Crippen LogP) is 0.234. The standard InChI is InChI=1S/C7H11FO4S/c8-6-1-2-13(11,12)4-5(6)3-7(9)10/h5-6H,1-4H2,(H,9,10)/t5-,6+/m0/s1. The highest BCUT2D eigenvalue weighted by Crippen LogP contribution is 2.24. The summed E-state index contributed by atoms with van der Waals surface area (Å²) < 4.78 is 35.1. The summed E-state index contributed by atoms with van der Waals surface area (Å²) >= 11 is 0. The number of rotatable bonds is 2. The SMILES string of the molecule is O=C(O)C[C@H]1CS(=O)(=O)CC[C@H]1F. The quantitative estimate of drug-likeness (QED) is 0.708. The van der Waals surface area contributed by atoms with E-state index in [4.69, 9.17) is 5.11 Å². The minimum Gasteiger partial charge on any atom is -0.481 e. The summed E-state index contributed by atoms with van der Waals surface area (Å²) in [6, 6.07) is 0. The van der Waals surface area contributed by atoms with E-state index in [0.717, 1.165) is 0 Å². The van der Waals surface area contributed by atoms with Gasteiger partial charge < -0.3 is 5.11 Å². The van der Waals surface area contributed by atoms with Crippen molar-refractivity contribution in [1.29, 1.82) is 0 Å². The Labute approximate surface area is 75.7 Å². The molecule has 1 rings (SSSR count). The maximum atomic E-state index is 13.0. The lowest BCUT2D eigenvalue weighted by Crippen LogP contribution is -2.35. The van der Waals surface area contributed by atoms with Crippen LogP contribution in [0.2, 0.25) is 0 Å². The van der Waals surface area contributed by atoms with E-state index in [2.05, 4.69) is 0 Å². The van der Waals surface area contributed by atoms with Gasteiger partial charge in [-0.3, -0.25) is 4.79 Å². The van der Waals surface area contributed by atoms with Crippen LogP contribution in [-0.4, -0.2) is 37.2 Å². The molecule has 0 amide bonds. The fourth-order valence-corrected chi connectivity index (χ4v) is 3.18. The van der Waals surface area contributed by atoms with E-state index < -0.39 is 34.3 Å². The number of hydrogen-bond donors (Lipinski definition) is 1. The highest BCUT2D eigenvalue weighted by molar-refractivity contribution is 7.91. The smallest absolute Gasteiger partial charge is 0.303 e. The number of sulfone groups is 1. The minimum absolute atomic E-state index is 0.0692. The summed E-state index contributed by atoms with van der Waals surface area (Å²) in [4.78, 5) is 10.3. The molecule has 0 saturated carbocycles. The Morgan fingerprint density at radius 3 is 2.69 bits per heavy atom. The molecule has 6 heteroatoms. The average Bonchev–Trinajstić information content (AvgIpc) is 1.95. The van der Waals surface area contributed by atoms with Crippen LogP contribution in [0.1, 0.15) is 12.8 Å². The molecule has 4 nitrogen and oxygen atoms in total. The van der Waals surface area contributed by atoms with Gasteiger partial charge in [-0.15, -0.1) is 0 Å². The zero-order valence-corrected chi connectivity index (χ0v) is 7.76. The molecule has 0 aromatic heterocycles. The molecule has 2 atom stereocenters. The highest BCUT2D eigenvalue weighted by atomic mass is 32.2. The van der Waals surface area contributed by atoms with Gasteiger partial charge in [-0.2, -0.15) is 0 Å². The molecule has 1 aliphatic rings. The van der Waals surface area contributed by atoms with Gasteiger partial charge in [-0.1, -0.05) is 0 Å². The van der Waals surface area contributed by atoms with Crippen LogP contribution in [0.4, 0.5) is 4.39 Å². The van der Waals surface area contributed by atoms with Crippen molar-refractivity contribution < 1.29 is 22.7 Å². The molecule has 0 unspecified atom stereocenters. The van der Waals surface area contributed by atoms with Crippen molar-refractivity contribution in [2.24, 2.45) is 5.92 Å². The first-order valence-electron chi connectivity index (χ1n) is 3.97. The van der Waals surface area contributed by atoms with Crippen molar-refractivity contribution in [2.75, 3.05) is 11.5 Å². The molecule has 76 valence electrons. The van der Waals surface area contributed by atoms with Gasteiger partial charge in [-0.05, 0) is 6.42 Å². The van der Waals surface area contributed by atoms with Gasteiger partial charge in [0.15, 0.2) is 9.84 Å². The largest absolute Gasteiger partial charge is 0.481 e. The molecule has 0 aromatic carbocycles. The van der Waals surface area contributed by atoms with Gasteiger partial charge in [0, 0.05) is 5.92 Å². The number of carboxylic acids is 1. The molecule has 0 aromatic rings. The third-order valence-electron chi connectivity index (χ3n) is 2.12. The third kappa shape index (κ3) is 2.95. The Morgan fingerprint density at radius 1 is 1.54 bits per heavy atom. The first-order chi connectivity index (χ1) is 5.91. The van der Waals surface area contributed by atoms with Crippen LogP contribution < -0.4 is 0 Å². The molecule has 0 bridgehead atoms. The van der Waals surface area contributed by atoms with Crippen LogP contribution in [0, 0.1) is 5.92 Å². The number of alkyl halides is 1. The van der Waals surface area contributed by atoms with Gasteiger partial charge >= 0.3 is 5.97 Å². The Kier molecular flexibility index (Phi) is 2.90. The summed E-state index contributed by atoms with van der Waals surface area (Å²) in [6.07, 6.45) is -1.76. The number of carboxylic acid groups (broad SMARTS) is 1. The Balaban J connectivity index is 2.66. The molecule has 1 N–H and O–H groups in total. The first kappa shape index (κ1) is 10.4. The highest BCUT2D eigenvalue weighted by Gasteiger charge is 2.34. The minimum atomic E-state index is -3.21. The molecular formula is C7H11FO4S. The van der Waals surface area contributed by atoms with E-state index in [1.165, 1.54) is 0 Å². The van der Waals surface area contributed by atoms with E-state index in [-0.39, 0.29) is 17.9 Å². The van der Waals surface area contributed by atoms with Gasteiger partial charge in [0.2, 0.25) is 0 Å². The van der Waals surface area contributed by atoms with Crippen molar-refractivity contribution in [2.45, 2.75) is 19.0 Å². The van der Waals surface area contributed by atoms with Crippen LogP contribution in [0.15, 0.2) is 0 Å². The molecule has 0 spiro atoms. The van der Waals surface area contributed by atoms with E-state index in [0.29, 0.717) is 0 Å². The number of halogens is 1. The summed E-state index contributed by atoms with van der Waals surface area (Å²) in [7, 11) is -3.21. The lowest BCUT2D eigenvalue weighted by atomic mass is 10.00. The zero-order chi connectivity index (χ0) is 10.1. The average molecular weight is 210 g/mol. The summed E-state index contributed by atoms with van der Waals surface area (Å²) in [5.74, 6) is -2.51. The number of hydrogen-bond acceptors (Lipinski definition) is 3. The summed E-state index contributed by atoms with van der Waals surface area (Å²) in [5, 5.41) is 8.39. The number of carbonyl (C=O) groups is 1. The van der Waals surface area contributed by atoms with Crippen LogP contribution >= 0.6 is 0 Å². The van der Waals surface area contributed by atoms with E-state index in [9.17, 15) is 17.6 Å². The van der Waals surface area contributed by atoms with E-state index in [1.807, 2.05) is 0 Å². The van der Waals surface area contributed by atoms with Crippen LogP contribution in [0.25, 0.3) is 0 Å². The van der Waals surface area contributed by atoms with Crippen molar-refractivity contribution in [3.8, 4) is 0 Å². The Hall–Kier alpha value is -0.650. The van der Waals surface area contributed by atoms with E-state index in [1.54, 1.807) is 0 Å². The zero-order valence-electron chi connectivity index (χ0n) is 6.94. The first-order valence-corrected chi connectivity index (χ1v) is 5.79. The topological polar surface area (TPSA) is 71.4 Å². The van der Waals surface area contributed by atoms with Gasteiger partial charge in [0.25, 0.3) is 0 Å². The van der Waals surface area contributed by atoms with Gasteiger partial charge in [0.1, 0.15) is 6.17 Å². The fourth-order valence-electron chi connectivity index (χ4n) is 1.45. The normalized spacial score (nSPS) is 32.7. The lowest BCUT2D eigenvalue weighted by Gasteiger charge is -2.24. The number of aliphatic carboxylic acids is 1. The monoisotopic (exact) mass is 210 g/mol. The van der Waals surface area contributed by atoms with Gasteiger partial charge in [-0.25, -0.2) is 12.8 Å². The van der Waals surface area contributed by atoms with Crippen molar-refractivity contribution in [3.63, 3.8) is 0 Å². The third-order valence-corrected chi connectivity index (χ3v) is 3.91. The van der Waals surface area contributed by atoms with Crippen LogP contribution in [-0.2, 0) is 14.6 Å². The summed E-state index contributed by atoms with van der Waals surface area (Å²) in [5.41, 5.74) is 0. The molecular weight excluding hydrogens is 199 g/mol. The second-order valence-electron chi connectivity index (χ2n) is 3.28. The Bertz CT molecular complexity index is 298. The maximum absolute atomic E-state index is 13.0. The molecule has 0 radical (unpaired) electrons. The van der Waals surface area contributed by atoms with Crippen molar-refractivity contribution in [3.05, 3.63) is 0 Å². The van der Waals surface area contributed by atoms with Crippen LogP contribution in [0.3, 0.4) is 0 Å². The van der Waals surface area contributed by atoms with Crippen LogP contribution in [0.5, 0.6) is 0 Å². The molecule has 0 aliphatic carbocycles. The Morgan fingerprint density at radius 2 is 2.15 bits per heavy atom. The molecule has 1 heterocycles. The molecule has 13 heavy (non-hydrogen) atoms. The predicted molar refractivity (Wildman–Crippen MR) is 43.9 cm³/mol. The second-order valence-corrected chi connectivity index (χ2v) is 5.51. The molecule has 1 aliphatic heterocycles. The maximum Gasteiger partial charge on any atom is 0.303 e. The van der Waals surface area contributed by atoms with Crippen molar-refractivity contribution >= 4 is 15.8 Å². The molecule has 1 fully saturated rings. The van der Waals surface area contributed by atoms with Gasteiger partial charge in [0.05, 0.1) is 17.9 Å². The van der Waals surface area contributed by atoms with Crippen molar-refractivity contribution in [1.82, 2.24) is 0 Å². The summed E-state index contributed by atoms with van der Waals surface area (Å²) in [6.45, 7) is 0. The fraction of sp³-hybridized carbons (Fsp3) is 0.857. The molecule has 1 saturated heterocycles. The lowest BCUT2D eigenvalue weighted by molar-refractivity contribution is -0.138.